The zero-order valence-corrected chi connectivity index (χ0v) is 19.6. The highest BCUT2D eigenvalue weighted by Gasteiger charge is 2.55. The van der Waals surface area contributed by atoms with Crippen LogP contribution in [0.15, 0.2) is 54.9 Å². The normalized spacial score (nSPS) is 25.2. The Labute approximate surface area is 208 Å². The van der Waals surface area contributed by atoms with Crippen LogP contribution in [0.1, 0.15) is 65.7 Å². The van der Waals surface area contributed by atoms with Gasteiger partial charge >= 0.3 is 12.4 Å². The maximum Gasteiger partial charge on any atom is 0.416 e. The maximum absolute atomic E-state index is 13.7. The second-order valence-corrected chi connectivity index (χ2v) is 9.83. The van der Waals surface area contributed by atoms with Crippen LogP contribution in [0.25, 0.3) is 0 Å². The van der Waals surface area contributed by atoms with Crippen LogP contribution in [-0.4, -0.2) is 32.4 Å². The Morgan fingerprint density at radius 2 is 1.65 bits per heavy atom. The summed E-state index contributed by atoms with van der Waals surface area (Å²) in [6.45, 7) is 1.00. The molecule has 5 nitrogen and oxygen atoms in total. The average Bonchev–Trinajstić information content (AvgIpc) is 3.47. The molecular formula is C26H24F6N4O. The number of piperidine rings is 1. The molecule has 11 heteroatoms. The summed E-state index contributed by atoms with van der Waals surface area (Å²) in [4.78, 5) is 20.0. The van der Waals surface area contributed by atoms with Crippen LogP contribution in [0, 0.1) is 5.41 Å². The molecule has 3 aromatic rings. The first kappa shape index (κ1) is 25.4. The van der Waals surface area contributed by atoms with Gasteiger partial charge in [-0.3, -0.25) is 14.8 Å². The van der Waals surface area contributed by atoms with E-state index in [2.05, 4.69) is 20.1 Å². The minimum absolute atomic E-state index is 0.106. The largest absolute Gasteiger partial charge is 0.416 e. The molecule has 1 N–H and O–H groups in total. The van der Waals surface area contributed by atoms with Crippen molar-refractivity contribution in [2.75, 3.05) is 6.54 Å². The quantitative estimate of drug-likeness (QED) is 0.408. The molecule has 1 aliphatic heterocycles. The SMILES string of the molecule is O=C1CC(c2cc(C(F)(F)F)cc(C(F)(F)F)c2)CC12CCCN(Cc1nc[nH]n1)C2c1ccccc1. The second kappa shape index (κ2) is 9.27. The van der Waals surface area contributed by atoms with Gasteiger partial charge in [0, 0.05) is 17.9 Å². The fraction of sp³-hybridized carbons (Fsp3) is 0.423. The molecule has 0 amide bonds. The Balaban J connectivity index is 1.56. The first-order chi connectivity index (χ1) is 17.5. The number of halogens is 6. The van der Waals surface area contributed by atoms with Crippen LogP contribution in [0.3, 0.4) is 0 Å². The highest BCUT2D eigenvalue weighted by Crippen LogP contribution is 2.58. The third-order valence-electron chi connectivity index (χ3n) is 7.56. The molecule has 3 unspecified atom stereocenters. The molecule has 1 spiro atoms. The Morgan fingerprint density at radius 3 is 2.24 bits per heavy atom. The number of ketones is 1. The highest BCUT2D eigenvalue weighted by atomic mass is 19.4. The van der Waals surface area contributed by atoms with E-state index in [1.807, 2.05) is 30.3 Å². The van der Waals surface area contributed by atoms with Gasteiger partial charge in [0.2, 0.25) is 0 Å². The standard InChI is InChI=1S/C26H24F6N4O/c27-25(28,29)19-9-17(10-20(12-19)26(30,31)32)18-11-21(37)24(13-18)7-4-8-36(14-22-33-15-34-35-22)23(24)16-5-2-1-3-6-16/h1-3,5-6,9-10,12,15,18,23H,4,7-8,11,13-14H2,(H,33,34,35). The fourth-order valence-corrected chi connectivity index (χ4v) is 6.05. The number of H-pyrrole nitrogens is 1. The van der Waals surface area contributed by atoms with Gasteiger partial charge in [0.25, 0.3) is 0 Å². The molecule has 1 aliphatic carbocycles. The van der Waals surface area contributed by atoms with Gasteiger partial charge in [-0.2, -0.15) is 31.4 Å². The lowest BCUT2D eigenvalue weighted by Crippen LogP contribution is -2.48. The number of carbonyl (C=O) groups is 1. The maximum atomic E-state index is 13.7. The monoisotopic (exact) mass is 522 g/mol. The molecule has 2 fully saturated rings. The lowest BCUT2D eigenvalue weighted by Gasteiger charge is -2.47. The number of hydrogen-bond acceptors (Lipinski definition) is 4. The summed E-state index contributed by atoms with van der Waals surface area (Å²) >= 11 is 0. The highest BCUT2D eigenvalue weighted by molar-refractivity contribution is 5.89. The molecule has 3 atom stereocenters. The molecular weight excluding hydrogens is 498 g/mol. The van der Waals surface area contributed by atoms with Crippen LogP contribution < -0.4 is 0 Å². The van der Waals surface area contributed by atoms with Crippen molar-refractivity contribution in [2.45, 2.75) is 56.5 Å². The second-order valence-electron chi connectivity index (χ2n) is 9.83. The minimum atomic E-state index is -4.94. The molecule has 0 bridgehead atoms. The third kappa shape index (κ3) is 4.88. The van der Waals surface area contributed by atoms with Gasteiger partial charge in [-0.15, -0.1) is 0 Å². The zero-order chi connectivity index (χ0) is 26.4. The molecule has 2 heterocycles. The molecule has 37 heavy (non-hydrogen) atoms. The lowest BCUT2D eigenvalue weighted by molar-refractivity contribution is -0.143. The van der Waals surface area contributed by atoms with E-state index in [0.29, 0.717) is 31.8 Å². The van der Waals surface area contributed by atoms with Gasteiger partial charge in [-0.25, -0.2) is 4.98 Å². The Kier molecular flexibility index (Phi) is 6.37. The van der Waals surface area contributed by atoms with Gasteiger partial charge in [0.05, 0.1) is 17.7 Å². The summed E-state index contributed by atoms with van der Waals surface area (Å²) in [5, 5.41) is 6.79. The molecule has 1 saturated heterocycles. The summed E-state index contributed by atoms with van der Waals surface area (Å²) in [7, 11) is 0. The molecule has 1 saturated carbocycles. The summed E-state index contributed by atoms with van der Waals surface area (Å²) in [6.07, 6.45) is -7.23. The van der Waals surface area contributed by atoms with Crippen LogP contribution in [0.5, 0.6) is 0 Å². The Bertz CT molecular complexity index is 1230. The van der Waals surface area contributed by atoms with Crippen LogP contribution >= 0.6 is 0 Å². The van der Waals surface area contributed by atoms with Gasteiger partial charge in [-0.1, -0.05) is 30.3 Å². The van der Waals surface area contributed by atoms with E-state index in [1.54, 1.807) is 0 Å². The first-order valence-corrected chi connectivity index (χ1v) is 11.9. The Morgan fingerprint density at radius 1 is 0.973 bits per heavy atom. The van der Waals surface area contributed by atoms with Crippen molar-refractivity contribution in [2.24, 2.45) is 5.41 Å². The number of nitrogens with zero attached hydrogens (tertiary/aromatic N) is 3. The molecule has 1 aromatic heterocycles. The number of alkyl halides is 6. The number of aromatic nitrogens is 3. The van der Waals surface area contributed by atoms with Crippen molar-refractivity contribution < 1.29 is 31.1 Å². The van der Waals surface area contributed by atoms with Gasteiger partial charge < -0.3 is 0 Å². The van der Waals surface area contributed by atoms with Crippen molar-refractivity contribution in [3.05, 3.63) is 82.9 Å². The fourth-order valence-electron chi connectivity index (χ4n) is 6.05. The molecule has 0 radical (unpaired) electrons. The summed E-state index contributed by atoms with van der Waals surface area (Å²) < 4.78 is 81.0. The summed E-state index contributed by atoms with van der Waals surface area (Å²) in [5.74, 6) is -0.366. The number of likely N-dealkylation sites (tertiary alicyclic amines) is 1. The predicted octanol–water partition coefficient (Wildman–Crippen LogP) is 6.31. The van der Waals surface area contributed by atoms with E-state index >= 15 is 0 Å². The van der Waals surface area contributed by atoms with Crippen LogP contribution in [0.4, 0.5) is 26.3 Å². The van der Waals surface area contributed by atoms with E-state index in [9.17, 15) is 31.1 Å². The van der Waals surface area contributed by atoms with E-state index in [4.69, 9.17) is 0 Å². The predicted molar refractivity (Wildman–Crippen MR) is 121 cm³/mol. The van der Waals surface area contributed by atoms with Crippen molar-refractivity contribution in [3.63, 3.8) is 0 Å². The van der Waals surface area contributed by atoms with Crippen LogP contribution in [-0.2, 0) is 23.7 Å². The molecule has 5 rings (SSSR count). The first-order valence-electron chi connectivity index (χ1n) is 11.9. The van der Waals surface area contributed by atoms with E-state index in [0.717, 1.165) is 17.7 Å². The summed E-state index contributed by atoms with van der Waals surface area (Å²) in [5.41, 5.74) is -2.91. The topological polar surface area (TPSA) is 61.9 Å². The van der Waals surface area contributed by atoms with Gasteiger partial charge in [0.1, 0.15) is 12.1 Å². The van der Waals surface area contributed by atoms with Crippen molar-refractivity contribution in [1.82, 2.24) is 20.1 Å². The van der Waals surface area contributed by atoms with Crippen LogP contribution in [0.2, 0.25) is 0 Å². The number of rotatable bonds is 4. The smallest absolute Gasteiger partial charge is 0.299 e. The van der Waals surface area contributed by atoms with Gasteiger partial charge in [0.15, 0.2) is 5.82 Å². The molecule has 196 valence electrons. The number of nitrogens with one attached hydrogen (secondary N) is 1. The number of benzene rings is 2. The van der Waals surface area contributed by atoms with Crippen molar-refractivity contribution >= 4 is 5.78 Å². The minimum Gasteiger partial charge on any atom is -0.299 e. The number of hydrogen-bond donors (Lipinski definition) is 1. The zero-order valence-electron chi connectivity index (χ0n) is 19.6. The van der Waals surface area contributed by atoms with E-state index < -0.39 is 40.9 Å². The average molecular weight is 522 g/mol. The number of Topliss-reactive ketones (excluding diaryl/α,β-unsaturated/α-hetero) is 1. The van der Waals surface area contributed by atoms with Crippen molar-refractivity contribution in [3.8, 4) is 0 Å². The van der Waals surface area contributed by atoms with Crippen molar-refractivity contribution in [1.29, 1.82) is 0 Å². The molecule has 2 aromatic carbocycles. The van der Waals surface area contributed by atoms with Gasteiger partial charge in [-0.05, 0) is 61.1 Å². The number of aromatic amines is 1. The molecule has 2 aliphatic rings. The summed E-state index contributed by atoms with van der Waals surface area (Å²) in [6, 6.07) is 10.6. The Hall–Kier alpha value is -3.21. The number of carbonyl (C=O) groups excluding carboxylic acids is 1. The van der Waals surface area contributed by atoms with E-state index in [1.165, 1.54) is 6.33 Å². The third-order valence-corrected chi connectivity index (χ3v) is 7.56. The lowest BCUT2D eigenvalue weighted by atomic mass is 9.68. The van der Waals surface area contributed by atoms with E-state index in [-0.39, 0.29) is 30.3 Å².